The van der Waals surface area contributed by atoms with E-state index in [0.29, 0.717) is 29.2 Å². The van der Waals surface area contributed by atoms with E-state index in [1.165, 1.54) is 6.33 Å². The molecule has 0 radical (unpaired) electrons. The lowest BCUT2D eigenvalue weighted by atomic mass is 10.1. The van der Waals surface area contributed by atoms with Gasteiger partial charge in [-0.1, -0.05) is 25.4 Å². The Morgan fingerprint density at radius 1 is 1.27 bits per heavy atom. The second-order valence-corrected chi connectivity index (χ2v) is 6.04. The number of rotatable bonds is 7. The normalized spacial score (nSPS) is 12.2. The van der Waals surface area contributed by atoms with Crippen molar-refractivity contribution in [2.45, 2.75) is 39.8 Å². The summed E-state index contributed by atoms with van der Waals surface area (Å²) in [6.45, 7) is 7.01. The Bertz CT molecular complexity index is 606. The van der Waals surface area contributed by atoms with Crippen molar-refractivity contribution in [3.63, 3.8) is 0 Å². The van der Waals surface area contributed by atoms with E-state index in [2.05, 4.69) is 41.0 Å². The number of hydrogen-bond donors (Lipinski definition) is 1. The summed E-state index contributed by atoms with van der Waals surface area (Å²) in [6.07, 6.45) is 5.91. The average Bonchev–Trinajstić information content (AvgIpc) is 2.46. The molecule has 2 rings (SSSR count). The van der Waals surface area contributed by atoms with Gasteiger partial charge in [-0.3, -0.25) is 0 Å². The standard InChI is InChI=1S/C16H21ClN4O/c1-11(2)6-12(3)22-15-7-13(4-5-19-15)8-20-16-14(17)9-18-10-21-16/h4-5,7,9-12H,6,8H2,1-3H3,(H,18,20,21). The molecule has 2 heterocycles. The minimum Gasteiger partial charge on any atom is -0.475 e. The Kier molecular flexibility index (Phi) is 5.95. The molecule has 0 bridgehead atoms. The van der Waals surface area contributed by atoms with Crippen molar-refractivity contribution in [2.75, 3.05) is 5.32 Å². The van der Waals surface area contributed by atoms with Gasteiger partial charge in [-0.25, -0.2) is 15.0 Å². The lowest BCUT2D eigenvalue weighted by molar-refractivity contribution is 0.185. The Hall–Kier alpha value is -1.88. The SMILES string of the molecule is CC(C)CC(C)Oc1cc(CNc2ncncc2Cl)ccn1. The second-order valence-electron chi connectivity index (χ2n) is 5.63. The number of halogens is 1. The molecule has 0 saturated heterocycles. The topological polar surface area (TPSA) is 59.9 Å². The van der Waals surface area contributed by atoms with E-state index < -0.39 is 0 Å². The minimum atomic E-state index is 0.145. The van der Waals surface area contributed by atoms with Gasteiger partial charge in [-0.15, -0.1) is 0 Å². The van der Waals surface area contributed by atoms with Crippen molar-refractivity contribution in [1.29, 1.82) is 0 Å². The van der Waals surface area contributed by atoms with Gasteiger partial charge in [0.05, 0.1) is 12.3 Å². The summed E-state index contributed by atoms with van der Waals surface area (Å²) < 4.78 is 5.85. The third-order valence-electron chi connectivity index (χ3n) is 3.05. The van der Waals surface area contributed by atoms with Crippen LogP contribution in [0.4, 0.5) is 5.82 Å². The Morgan fingerprint density at radius 2 is 2.09 bits per heavy atom. The highest BCUT2D eigenvalue weighted by Crippen LogP contribution is 2.19. The quantitative estimate of drug-likeness (QED) is 0.837. The van der Waals surface area contributed by atoms with Gasteiger partial charge in [0, 0.05) is 18.8 Å². The maximum Gasteiger partial charge on any atom is 0.213 e. The van der Waals surface area contributed by atoms with Gasteiger partial charge in [0.2, 0.25) is 5.88 Å². The summed E-state index contributed by atoms with van der Waals surface area (Å²) in [7, 11) is 0. The lowest BCUT2D eigenvalue weighted by Crippen LogP contribution is -2.15. The van der Waals surface area contributed by atoms with Crippen LogP contribution in [0.2, 0.25) is 5.02 Å². The molecule has 6 heteroatoms. The van der Waals surface area contributed by atoms with Gasteiger partial charge in [0.15, 0.2) is 0 Å². The largest absolute Gasteiger partial charge is 0.475 e. The van der Waals surface area contributed by atoms with Crippen molar-refractivity contribution in [2.24, 2.45) is 5.92 Å². The van der Waals surface area contributed by atoms with Gasteiger partial charge < -0.3 is 10.1 Å². The van der Waals surface area contributed by atoms with Crippen LogP contribution in [0, 0.1) is 5.92 Å². The average molecular weight is 321 g/mol. The van der Waals surface area contributed by atoms with E-state index in [4.69, 9.17) is 16.3 Å². The molecule has 2 aromatic heterocycles. The summed E-state index contributed by atoms with van der Waals surface area (Å²) in [5.41, 5.74) is 1.05. The molecule has 0 spiro atoms. The molecule has 1 unspecified atom stereocenters. The molecule has 22 heavy (non-hydrogen) atoms. The molecule has 2 aromatic rings. The van der Waals surface area contributed by atoms with Gasteiger partial charge in [0.25, 0.3) is 0 Å². The monoisotopic (exact) mass is 320 g/mol. The summed E-state index contributed by atoms with van der Waals surface area (Å²) in [5, 5.41) is 3.67. The highest BCUT2D eigenvalue weighted by molar-refractivity contribution is 6.32. The molecule has 0 aliphatic heterocycles. The molecule has 0 aliphatic carbocycles. The Labute approximate surface area is 136 Å². The number of pyridine rings is 1. The highest BCUT2D eigenvalue weighted by Gasteiger charge is 2.08. The Morgan fingerprint density at radius 3 is 2.82 bits per heavy atom. The first-order valence-corrected chi connectivity index (χ1v) is 7.73. The molecule has 118 valence electrons. The Balaban J connectivity index is 1.95. The van der Waals surface area contributed by atoms with Gasteiger partial charge in [-0.05, 0) is 30.9 Å². The van der Waals surface area contributed by atoms with E-state index >= 15 is 0 Å². The van der Waals surface area contributed by atoms with Gasteiger partial charge in [-0.2, -0.15) is 0 Å². The molecular formula is C16H21ClN4O. The van der Waals surface area contributed by atoms with Crippen LogP contribution in [0.25, 0.3) is 0 Å². The van der Waals surface area contributed by atoms with Gasteiger partial charge >= 0.3 is 0 Å². The van der Waals surface area contributed by atoms with E-state index in [0.717, 1.165) is 12.0 Å². The zero-order valence-corrected chi connectivity index (χ0v) is 13.8. The first-order chi connectivity index (χ1) is 10.5. The summed E-state index contributed by atoms with van der Waals surface area (Å²) in [4.78, 5) is 12.2. The molecule has 5 nitrogen and oxygen atoms in total. The number of hydrogen-bond acceptors (Lipinski definition) is 5. The molecule has 1 atom stereocenters. The van der Waals surface area contributed by atoms with Crippen LogP contribution in [0.5, 0.6) is 5.88 Å². The van der Waals surface area contributed by atoms with Crippen LogP contribution < -0.4 is 10.1 Å². The third-order valence-corrected chi connectivity index (χ3v) is 3.33. The summed E-state index contributed by atoms with van der Waals surface area (Å²) >= 11 is 6.01. The number of nitrogens with one attached hydrogen (secondary N) is 1. The molecule has 0 fully saturated rings. The maximum absolute atomic E-state index is 6.01. The van der Waals surface area contributed by atoms with E-state index in [1.54, 1.807) is 12.4 Å². The lowest BCUT2D eigenvalue weighted by Gasteiger charge is -2.16. The zero-order chi connectivity index (χ0) is 15.9. The number of anilines is 1. The molecular weight excluding hydrogens is 300 g/mol. The molecule has 0 amide bonds. The van der Waals surface area contributed by atoms with Crippen LogP contribution in [-0.4, -0.2) is 21.1 Å². The van der Waals surface area contributed by atoms with Gasteiger partial charge in [0.1, 0.15) is 17.2 Å². The fourth-order valence-electron chi connectivity index (χ4n) is 2.17. The predicted molar refractivity (Wildman–Crippen MR) is 88.2 cm³/mol. The number of nitrogens with zero attached hydrogens (tertiary/aromatic N) is 3. The zero-order valence-electron chi connectivity index (χ0n) is 13.1. The number of aromatic nitrogens is 3. The fraction of sp³-hybridized carbons (Fsp3) is 0.438. The van der Waals surface area contributed by atoms with Crippen molar-refractivity contribution in [3.05, 3.63) is 41.4 Å². The van der Waals surface area contributed by atoms with Crippen molar-refractivity contribution in [3.8, 4) is 5.88 Å². The maximum atomic E-state index is 6.01. The molecule has 0 aliphatic rings. The second kappa shape index (κ2) is 7.94. The van der Waals surface area contributed by atoms with Crippen molar-refractivity contribution < 1.29 is 4.74 Å². The molecule has 1 N–H and O–H groups in total. The van der Waals surface area contributed by atoms with Crippen molar-refractivity contribution >= 4 is 17.4 Å². The van der Waals surface area contributed by atoms with E-state index in [-0.39, 0.29) is 6.10 Å². The smallest absolute Gasteiger partial charge is 0.213 e. The predicted octanol–water partition coefficient (Wildman–Crippen LogP) is 3.95. The fourth-order valence-corrected chi connectivity index (χ4v) is 2.34. The van der Waals surface area contributed by atoms with Crippen LogP contribution in [0.1, 0.15) is 32.8 Å². The summed E-state index contributed by atoms with van der Waals surface area (Å²) in [5.74, 6) is 1.85. The van der Waals surface area contributed by atoms with Crippen LogP contribution in [0.15, 0.2) is 30.9 Å². The minimum absolute atomic E-state index is 0.145. The third kappa shape index (κ3) is 5.15. The molecule has 0 saturated carbocycles. The van der Waals surface area contributed by atoms with Crippen LogP contribution in [-0.2, 0) is 6.54 Å². The number of ether oxygens (including phenoxy) is 1. The first kappa shape index (κ1) is 16.5. The first-order valence-electron chi connectivity index (χ1n) is 7.35. The molecule has 0 aromatic carbocycles. The van der Waals surface area contributed by atoms with Crippen molar-refractivity contribution in [1.82, 2.24) is 15.0 Å². The highest BCUT2D eigenvalue weighted by atomic mass is 35.5. The van der Waals surface area contributed by atoms with E-state index in [9.17, 15) is 0 Å². The summed E-state index contributed by atoms with van der Waals surface area (Å²) in [6, 6.07) is 3.86. The van der Waals surface area contributed by atoms with E-state index in [1.807, 2.05) is 12.1 Å². The van der Waals surface area contributed by atoms with Crippen LogP contribution in [0.3, 0.4) is 0 Å². The van der Waals surface area contributed by atoms with Crippen LogP contribution >= 0.6 is 11.6 Å².